The van der Waals surface area contributed by atoms with Crippen molar-refractivity contribution in [1.82, 2.24) is 14.5 Å². The van der Waals surface area contributed by atoms with Gasteiger partial charge in [0, 0.05) is 6.54 Å². The van der Waals surface area contributed by atoms with E-state index in [4.69, 9.17) is 0 Å². The molecule has 0 aliphatic carbocycles. The second-order valence-electron chi connectivity index (χ2n) is 5.69. The van der Waals surface area contributed by atoms with Gasteiger partial charge in [-0.15, -0.1) is 0 Å². The number of carboxylic acid groups (broad SMARTS) is 1. The molecule has 0 radical (unpaired) electrons. The maximum Gasteiger partial charge on any atom is 0.352 e. The fourth-order valence-electron chi connectivity index (χ4n) is 2.89. The molecular weight excluding hydrogens is 317 g/mol. The first-order valence-electron chi connectivity index (χ1n) is 7.57. The summed E-state index contributed by atoms with van der Waals surface area (Å²) in [5, 5.41) is 9.30. The topological polar surface area (TPSA) is 95.4 Å². The maximum absolute atomic E-state index is 13.1. The number of aromatic nitrogens is 2. The zero-order valence-electron chi connectivity index (χ0n) is 12.8. The number of carbonyl (C=O) groups is 1. The summed E-state index contributed by atoms with van der Waals surface area (Å²) in [6, 6.07) is 4.86. The Labute approximate surface area is 136 Å². The quantitative estimate of drug-likeness (QED) is 0.869. The lowest BCUT2D eigenvalue weighted by Gasteiger charge is -2.16. The highest BCUT2D eigenvalue weighted by atomic mass is 19.1. The van der Waals surface area contributed by atoms with Crippen LogP contribution < -0.4 is 11.2 Å². The van der Waals surface area contributed by atoms with Crippen LogP contribution in [0, 0.1) is 5.82 Å². The third-order valence-corrected chi connectivity index (χ3v) is 4.08. The average Bonchev–Trinajstić information content (AvgIpc) is 3.04. The summed E-state index contributed by atoms with van der Waals surface area (Å²) in [4.78, 5) is 40.6. The van der Waals surface area contributed by atoms with E-state index < -0.39 is 28.7 Å². The highest BCUT2D eigenvalue weighted by molar-refractivity contribution is 5.86. The van der Waals surface area contributed by atoms with E-state index in [-0.39, 0.29) is 17.8 Å². The zero-order valence-corrected chi connectivity index (χ0v) is 12.8. The van der Waals surface area contributed by atoms with Crippen molar-refractivity contribution >= 4 is 5.97 Å². The number of likely N-dealkylation sites (tertiary alicyclic amines) is 1. The number of halogens is 1. The molecule has 3 rings (SSSR count). The molecule has 8 heteroatoms. The molecule has 1 aromatic heterocycles. The number of rotatable bonds is 4. The first kappa shape index (κ1) is 16.1. The molecule has 2 heterocycles. The van der Waals surface area contributed by atoms with Gasteiger partial charge >= 0.3 is 11.7 Å². The van der Waals surface area contributed by atoms with Crippen LogP contribution in [0.1, 0.15) is 28.9 Å². The van der Waals surface area contributed by atoms with E-state index in [1.54, 1.807) is 0 Å². The third-order valence-electron chi connectivity index (χ3n) is 4.08. The molecule has 1 aliphatic rings. The molecule has 0 atom stereocenters. The molecule has 0 unspecified atom stereocenters. The van der Waals surface area contributed by atoms with Crippen molar-refractivity contribution in [2.75, 3.05) is 13.1 Å². The highest BCUT2D eigenvalue weighted by Crippen LogP contribution is 2.13. The molecule has 1 fully saturated rings. The first-order chi connectivity index (χ1) is 11.5. The van der Waals surface area contributed by atoms with E-state index in [9.17, 15) is 23.9 Å². The molecule has 7 nitrogen and oxygen atoms in total. The molecule has 0 saturated carbocycles. The van der Waals surface area contributed by atoms with Crippen molar-refractivity contribution in [2.45, 2.75) is 19.4 Å². The van der Waals surface area contributed by atoms with Crippen molar-refractivity contribution in [1.29, 1.82) is 0 Å². The fourth-order valence-corrected chi connectivity index (χ4v) is 2.89. The van der Waals surface area contributed by atoms with E-state index in [1.807, 2.05) is 4.90 Å². The number of carboxylic acids is 1. The second-order valence-corrected chi connectivity index (χ2v) is 5.69. The van der Waals surface area contributed by atoms with Crippen LogP contribution in [0.25, 0.3) is 5.69 Å². The molecule has 1 aliphatic heterocycles. The van der Waals surface area contributed by atoms with Crippen LogP contribution in [0.3, 0.4) is 0 Å². The minimum Gasteiger partial charge on any atom is -0.477 e. The number of aromatic amines is 1. The number of nitrogens with zero attached hydrogens (tertiary/aromatic N) is 2. The van der Waals surface area contributed by atoms with Gasteiger partial charge in [-0.25, -0.2) is 18.5 Å². The Balaban J connectivity index is 2.16. The second kappa shape index (κ2) is 6.40. The van der Waals surface area contributed by atoms with Gasteiger partial charge in [-0.2, -0.15) is 0 Å². The van der Waals surface area contributed by atoms with Gasteiger partial charge in [-0.3, -0.25) is 9.69 Å². The lowest BCUT2D eigenvalue weighted by molar-refractivity contribution is 0.0687. The van der Waals surface area contributed by atoms with Crippen LogP contribution in [0.5, 0.6) is 0 Å². The third kappa shape index (κ3) is 3.00. The summed E-state index contributed by atoms with van der Waals surface area (Å²) in [7, 11) is 0. The largest absolute Gasteiger partial charge is 0.477 e. The Morgan fingerprint density at radius 1 is 1.17 bits per heavy atom. The molecule has 0 bridgehead atoms. The molecular formula is C16H16FN3O4. The van der Waals surface area contributed by atoms with Gasteiger partial charge in [0.05, 0.1) is 11.3 Å². The van der Waals surface area contributed by atoms with Crippen LogP contribution in [0.15, 0.2) is 33.9 Å². The van der Waals surface area contributed by atoms with Crippen LogP contribution in [-0.2, 0) is 6.54 Å². The summed E-state index contributed by atoms with van der Waals surface area (Å²) >= 11 is 0. The van der Waals surface area contributed by atoms with E-state index in [0.717, 1.165) is 42.6 Å². The molecule has 24 heavy (non-hydrogen) atoms. The van der Waals surface area contributed by atoms with E-state index in [2.05, 4.69) is 4.98 Å². The highest BCUT2D eigenvalue weighted by Gasteiger charge is 2.23. The van der Waals surface area contributed by atoms with Gasteiger partial charge in [0.1, 0.15) is 11.5 Å². The van der Waals surface area contributed by atoms with Gasteiger partial charge in [0.2, 0.25) is 0 Å². The number of benzene rings is 1. The zero-order chi connectivity index (χ0) is 17.3. The number of nitrogens with one attached hydrogen (secondary N) is 1. The summed E-state index contributed by atoms with van der Waals surface area (Å²) in [5.74, 6) is -1.85. The summed E-state index contributed by atoms with van der Waals surface area (Å²) < 4.78 is 13.9. The number of hydrogen-bond acceptors (Lipinski definition) is 4. The number of H-pyrrole nitrogens is 1. The maximum atomic E-state index is 13.1. The molecule has 2 aromatic rings. The molecule has 126 valence electrons. The fraction of sp³-hybridized carbons (Fsp3) is 0.312. The van der Waals surface area contributed by atoms with E-state index in [0.29, 0.717) is 0 Å². The smallest absolute Gasteiger partial charge is 0.352 e. The predicted octanol–water partition coefficient (Wildman–Crippen LogP) is 0.959. The molecule has 0 spiro atoms. The Bertz CT molecular complexity index is 880. The first-order valence-corrected chi connectivity index (χ1v) is 7.57. The molecule has 0 amide bonds. The lowest BCUT2D eigenvalue weighted by atomic mass is 10.2. The van der Waals surface area contributed by atoms with E-state index in [1.165, 1.54) is 12.1 Å². The molecule has 1 saturated heterocycles. The van der Waals surface area contributed by atoms with Gasteiger partial charge < -0.3 is 10.1 Å². The van der Waals surface area contributed by atoms with Crippen LogP contribution in [0.4, 0.5) is 4.39 Å². The number of hydrogen-bond donors (Lipinski definition) is 2. The minimum atomic E-state index is -1.36. The van der Waals surface area contributed by atoms with Crippen molar-refractivity contribution in [3.63, 3.8) is 0 Å². The predicted molar refractivity (Wildman–Crippen MR) is 84.1 cm³/mol. The summed E-state index contributed by atoms with van der Waals surface area (Å²) in [6.45, 7) is 1.70. The summed E-state index contributed by atoms with van der Waals surface area (Å²) in [5.41, 5.74) is -1.75. The van der Waals surface area contributed by atoms with E-state index >= 15 is 0 Å². The van der Waals surface area contributed by atoms with Crippen LogP contribution in [0.2, 0.25) is 0 Å². The monoisotopic (exact) mass is 333 g/mol. The molecule has 2 N–H and O–H groups in total. The number of aromatic carboxylic acids is 1. The lowest BCUT2D eigenvalue weighted by Crippen LogP contribution is -2.40. The van der Waals surface area contributed by atoms with Crippen LogP contribution in [-0.4, -0.2) is 38.6 Å². The van der Waals surface area contributed by atoms with Crippen molar-refractivity contribution in [3.8, 4) is 5.69 Å². The van der Waals surface area contributed by atoms with Gasteiger partial charge in [0.25, 0.3) is 5.56 Å². The van der Waals surface area contributed by atoms with Crippen molar-refractivity contribution in [2.24, 2.45) is 0 Å². The Kier molecular flexibility index (Phi) is 4.30. The Morgan fingerprint density at radius 3 is 2.38 bits per heavy atom. The minimum absolute atomic E-state index is 0.0216. The normalized spacial score (nSPS) is 14.9. The standard InChI is InChI=1S/C16H16FN3O4/c17-10-3-5-11(6-4-10)20-14(21)12(9-19-7-1-2-8-19)13(15(22)23)18-16(20)24/h3-6H,1-2,7-9H2,(H,18,24)(H,22,23). The Morgan fingerprint density at radius 2 is 1.79 bits per heavy atom. The Hall–Kier alpha value is -2.74. The average molecular weight is 333 g/mol. The molecule has 1 aromatic carbocycles. The van der Waals surface area contributed by atoms with Crippen molar-refractivity contribution in [3.05, 3.63) is 62.2 Å². The van der Waals surface area contributed by atoms with Gasteiger partial charge in [-0.05, 0) is 50.2 Å². The van der Waals surface area contributed by atoms with Gasteiger partial charge in [-0.1, -0.05) is 0 Å². The SMILES string of the molecule is O=C(O)c1[nH]c(=O)n(-c2ccc(F)cc2)c(=O)c1CN1CCCC1. The summed E-state index contributed by atoms with van der Waals surface area (Å²) in [6.07, 6.45) is 1.97. The van der Waals surface area contributed by atoms with Crippen LogP contribution >= 0.6 is 0 Å². The van der Waals surface area contributed by atoms with Crippen molar-refractivity contribution < 1.29 is 14.3 Å². The van der Waals surface area contributed by atoms with Gasteiger partial charge in [0.15, 0.2) is 0 Å².